The minimum Gasteiger partial charge on any atom is -0.296 e. The second kappa shape index (κ2) is 4.93. The molecule has 0 aliphatic carbocycles. The van der Waals surface area contributed by atoms with E-state index in [2.05, 4.69) is 37.3 Å². The number of piperidine rings is 1. The lowest BCUT2D eigenvalue weighted by atomic mass is 9.84. The number of carbonyl (C=O) groups excluding carboxylic acids is 2. The standard InChI is InChI=1S/C17H21N3O2/c1-17(2,3)12-7-5-6-10-14(19-20(4)15(10)12)11-8-9-13(21)18-16(11)22/h5-7,11H,8-9H2,1-4H3,(H,18,21,22)/t11-/m0/s1. The third kappa shape index (κ3) is 2.30. The van der Waals surface area contributed by atoms with Crippen molar-refractivity contribution < 1.29 is 9.59 Å². The maximum absolute atomic E-state index is 12.2. The van der Waals surface area contributed by atoms with Crippen LogP contribution in [0.15, 0.2) is 18.2 Å². The van der Waals surface area contributed by atoms with Gasteiger partial charge in [0.05, 0.1) is 17.1 Å². The Balaban J connectivity index is 2.17. The predicted molar refractivity (Wildman–Crippen MR) is 84.5 cm³/mol. The first-order chi connectivity index (χ1) is 10.3. The van der Waals surface area contributed by atoms with Crippen molar-refractivity contribution in [3.63, 3.8) is 0 Å². The summed E-state index contributed by atoms with van der Waals surface area (Å²) in [5, 5.41) is 8.03. The zero-order valence-corrected chi connectivity index (χ0v) is 13.4. The van der Waals surface area contributed by atoms with Gasteiger partial charge >= 0.3 is 0 Å². The normalized spacial score (nSPS) is 19.5. The van der Waals surface area contributed by atoms with Gasteiger partial charge in [-0.05, 0) is 17.4 Å². The molecule has 0 bridgehead atoms. The molecule has 1 aliphatic heterocycles. The monoisotopic (exact) mass is 299 g/mol. The van der Waals surface area contributed by atoms with E-state index in [1.807, 2.05) is 23.9 Å². The molecule has 0 saturated carbocycles. The van der Waals surface area contributed by atoms with E-state index in [0.29, 0.717) is 12.8 Å². The predicted octanol–water partition coefficient (Wildman–Crippen LogP) is 2.39. The number of fused-ring (bicyclic) bond motifs is 1. The number of rotatable bonds is 1. The molecular weight excluding hydrogens is 278 g/mol. The first-order valence-electron chi connectivity index (χ1n) is 7.59. The summed E-state index contributed by atoms with van der Waals surface area (Å²) in [6.07, 6.45) is 0.893. The Kier molecular flexibility index (Phi) is 3.31. The fourth-order valence-electron chi connectivity index (χ4n) is 3.18. The molecule has 0 radical (unpaired) electrons. The number of hydrogen-bond acceptors (Lipinski definition) is 3. The van der Waals surface area contributed by atoms with E-state index in [1.165, 1.54) is 5.56 Å². The molecule has 1 saturated heterocycles. The van der Waals surface area contributed by atoms with E-state index in [0.717, 1.165) is 16.6 Å². The lowest BCUT2D eigenvalue weighted by Crippen LogP contribution is -2.39. The van der Waals surface area contributed by atoms with Crippen molar-refractivity contribution in [1.29, 1.82) is 0 Å². The number of aromatic nitrogens is 2. The van der Waals surface area contributed by atoms with E-state index < -0.39 is 0 Å². The minimum atomic E-state index is -0.350. The lowest BCUT2D eigenvalue weighted by molar-refractivity contribution is -0.134. The van der Waals surface area contributed by atoms with Gasteiger partial charge in [-0.1, -0.05) is 39.0 Å². The van der Waals surface area contributed by atoms with Gasteiger partial charge < -0.3 is 0 Å². The van der Waals surface area contributed by atoms with Gasteiger partial charge in [-0.2, -0.15) is 5.10 Å². The Morgan fingerprint density at radius 2 is 2.00 bits per heavy atom. The summed E-state index contributed by atoms with van der Waals surface area (Å²) < 4.78 is 1.86. The number of imide groups is 1. The Bertz CT molecular complexity index is 768. The van der Waals surface area contributed by atoms with Crippen molar-refractivity contribution in [2.75, 3.05) is 0 Å². The molecular formula is C17H21N3O2. The molecule has 2 amide bonds. The second-order valence-corrected chi connectivity index (χ2v) is 6.96. The molecule has 2 aromatic rings. The number of para-hydroxylation sites is 1. The smallest absolute Gasteiger partial charge is 0.235 e. The average molecular weight is 299 g/mol. The molecule has 22 heavy (non-hydrogen) atoms. The first-order valence-corrected chi connectivity index (χ1v) is 7.59. The van der Waals surface area contributed by atoms with Gasteiger partial charge in [-0.15, -0.1) is 0 Å². The highest BCUT2D eigenvalue weighted by molar-refractivity contribution is 6.02. The first kappa shape index (κ1) is 14.8. The van der Waals surface area contributed by atoms with Crippen LogP contribution >= 0.6 is 0 Å². The van der Waals surface area contributed by atoms with Gasteiger partial charge in [-0.3, -0.25) is 19.6 Å². The number of carbonyl (C=O) groups is 2. The van der Waals surface area contributed by atoms with E-state index >= 15 is 0 Å². The lowest BCUT2D eigenvalue weighted by Gasteiger charge is -2.21. The summed E-state index contributed by atoms with van der Waals surface area (Å²) in [7, 11) is 1.91. The van der Waals surface area contributed by atoms with Crippen molar-refractivity contribution >= 4 is 22.7 Å². The van der Waals surface area contributed by atoms with Crippen molar-refractivity contribution in [3.05, 3.63) is 29.5 Å². The average Bonchev–Trinajstić information content (AvgIpc) is 2.75. The van der Waals surface area contributed by atoms with Crippen molar-refractivity contribution in [1.82, 2.24) is 15.1 Å². The number of hydrogen-bond donors (Lipinski definition) is 1. The Labute approximate surface area is 129 Å². The third-order valence-corrected chi connectivity index (χ3v) is 4.27. The largest absolute Gasteiger partial charge is 0.296 e. The van der Waals surface area contributed by atoms with Crippen LogP contribution in [-0.4, -0.2) is 21.6 Å². The number of nitrogens with one attached hydrogen (secondary N) is 1. The van der Waals surface area contributed by atoms with E-state index in [1.54, 1.807) is 0 Å². The summed E-state index contributed by atoms with van der Waals surface area (Å²) in [5.41, 5.74) is 3.04. The third-order valence-electron chi connectivity index (χ3n) is 4.27. The number of nitrogens with zero attached hydrogens (tertiary/aromatic N) is 2. The minimum absolute atomic E-state index is 0.00460. The fourth-order valence-corrected chi connectivity index (χ4v) is 3.18. The van der Waals surface area contributed by atoms with E-state index in [-0.39, 0.29) is 23.1 Å². The van der Waals surface area contributed by atoms with Crippen molar-refractivity contribution in [2.45, 2.75) is 44.9 Å². The molecule has 1 aromatic heterocycles. The number of benzene rings is 1. The van der Waals surface area contributed by atoms with Gasteiger partial charge in [0.1, 0.15) is 0 Å². The molecule has 2 heterocycles. The fraction of sp³-hybridized carbons (Fsp3) is 0.471. The highest BCUT2D eigenvalue weighted by atomic mass is 16.2. The molecule has 1 aliphatic rings. The maximum Gasteiger partial charge on any atom is 0.235 e. The van der Waals surface area contributed by atoms with Gasteiger partial charge in [-0.25, -0.2) is 0 Å². The van der Waals surface area contributed by atoms with Gasteiger partial charge in [0.2, 0.25) is 11.8 Å². The van der Waals surface area contributed by atoms with Crippen LogP contribution in [0.2, 0.25) is 0 Å². The SMILES string of the molecule is Cn1nc([C@@H]2CCC(=O)NC2=O)c2cccc(C(C)(C)C)c21. The summed E-state index contributed by atoms with van der Waals surface area (Å²) in [6.45, 7) is 6.50. The molecule has 116 valence electrons. The van der Waals surface area contributed by atoms with Gasteiger partial charge in [0.15, 0.2) is 0 Å². The quantitative estimate of drug-likeness (QED) is 0.822. The van der Waals surface area contributed by atoms with Crippen LogP contribution in [0.25, 0.3) is 10.9 Å². The number of amides is 2. The van der Waals surface area contributed by atoms with Crippen LogP contribution in [0.1, 0.15) is 50.8 Å². The highest BCUT2D eigenvalue weighted by Gasteiger charge is 2.32. The topological polar surface area (TPSA) is 64.0 Å². The summed E-state index contributed by atoms with van der Waals surface area (Å²) in [6, 6.07) is 6.13. The summed E-state index contributed by atoms with van der Waals surface area (Å²) >= 11 is 0. The summed E-state index contributed by atoms with van der Waals surface area (Å²) in [4.78, 5) is 23.5. The maximum atomic E-state index is 12.2. The molecule has 1 N–H and O–H groups in total. The Morgan fingerprint density at radius 1 is 1.27 bits per heavy atom. The molecule has 0 spiro atoms. The molecule has 3 rings (SSSR count). The van der Waals surface area contributed by atoms with E-state index in [9.17, 15) is 9.59 Å². The molecule has 1 aromatic carbocycles. The van der Waals surface area contributed by atoms with Crippen LogP contribution in [0.3, 0.4) is 0 Å². The van der Waals surface area contributed by atoms with Crippen LogP contribution in [0, 0.1) is 0 Å². The Morgan fingerprint density at radius 3 is 2.64 bits per heavy atom. The highest BCUT2D eigenvalue weighted by Crippen LogP contribution is 2.35. The molecule has 5 heteroatoms. The zero-order chi connectivity index (χ0) is 16.1. The Hall–Kier alpha value is -2.17. The second-order valence-electron chi connectivity index (χ2n) is 6.96. The number of aryl methyl sites for hydroxylation is 1. The van der Waals surface area contributed by atoms with Gasteiger partial charge in [0, 0.05) is 18.9 Å². The van der Waals surface area contributed by atoms with E-state index in [4.69, 9.17) is 0 Å². The van der Waals surface area contributed by atoms with Crippen molar-refractivity contribution in [2.24, 2.45) is 7.05 Å². The van der Waals surface area contributed by atoms with Gasteiger partial charge in [0.25, 0.3) is 0 Å². The van der Waals surface area contributed by atoms with Crippen LogP contribution in [0.5, 0.6) is 0 Å². The van der Waals surface area contributed by atoms with Crippen LogP contribution in [0.4, 0.5) is 0 Å². The van der Waals surface area contributed by atoms with Crippen LogP contribution < -0.4 is 5.32 Å². The molecule has 1 atom stereocenters. The molecule has 5 nitrogen and oxygen atoms in total. The summed E-state index contributed by atoms with van der Waals surface area (Å²) in [5.74, 6) is -0.786. The van der Waals surface area contributed by atoms with Crippen LogP contribution in [-0.2, 0) is 22.1 Å². The zero-order valence-electron chi connectivity index (χ0n) is 13.4. The molecule has 0 unspecified atom stereocenters. The molecule has 1 fully saturated rings. The van der Waals surface area contributed by atoms with Crippen molar-refractivity contribution in [3.8, 4) is 0 Å².